The van der Waals surface area contributed by atoms with Gasteiger partial charge >= 0.3 is 5.69 Å². The molecule has 1 atom stereocenters. The Kier molecular flexibility index (Phi) is 6.81. The van der Waals surface area contributed by atoms with Crippen molar-refractivity contribution in [2.75, 3.05) is 11.5 Å². The maximum absolute atomic E-state index is 12.0. The number of carbonyl (C=O) groups excluding carboxylic acids is 1. The van der Waals surface area contributed by atoms with Crippen LogP contribution < -0.4 is 15.1 Å². The van der Waals surface area contributed by atoms with Crippen LogP contribution >= 0.6 is 0 Å². The van der Waals surface area contributed by atoms with E-state index in [-0.39, 0.29) is 23.6 Å². The Balaban J connectivity index is 1.65. The second kappa shape index (κ2) is 9.38. The Bertz CT molecular complexity index is 1030. The molecule has 0 aromatic heterocycles. The van der Waals surface area contributed by atoms with Crippen LogP contribution in [0.25, 0.3) is 0 Å². The third kappa shape index (κ3) is 5.07. The van der Waals surface area contributed by atoms with E-state index in [1.54, 1.807) is 12.3 Å². The van der Waals surface area contributed by atoms with Gasteiger partial charge in [-0.05, 0) is 69.4 Å². The molecule has 8 nitrogen and oxygen atoms in total. The summed E-state index contributed by atoms with van der Waals surface area (Å²) in [6, 6.07) is 12.5. The average molecular weight is 439 g/mol. The van der Waals surface area contributed by atoms with E-state index in [0.717, 1.165) is 12.0 Å². The van der Waals surface area contributed by atoms with Crippen molar-refractivity contribution in [2.24, 2.45) is 5.10 Å². The van der Waals surface area contributed by atoms with Gasteiger partial charge in [-0.1, -0.05) is 25.1 Å². The number of hydrogen-bond acceptors (Lipinski definition) is 6. The van der Waals surface area contributed by atoms with E-state index in [4.69, 9.17) is 4.74 Å². The van der Waals surface area contributed by atoms with Crippen molar-refractivity contribution < 1.29 is 14.5 Å². The summed E-state index contributed by atoms with van der Waals surface area (Å²) in [5, 5.41) is 15.0. The summed E-state index contributed by atoms with van der Waals surface area (Å²) in [4.78, 5) is 25.0. The first-order valence-corrected chi connectivity index (χ1v) is 10.7. The molecule has 0 spiro atoms. The summed E-state index contributed by atoms with van der Waals surface area (Å²) < 4.78 is 5.27. The average Bonchev–Trinajstić information content (AvgIpc) is 2.71. The van der Waals surface area contributed by atoms with Gasteiger partial charge in [0.15, 0.2) is 12.4 Å². The molecule has 2 aromatic carbocycles. The zero-order valence-electron chi connectivity index (χ0n) is 19.2. The summed E-state index contributed by atoms with van der Waals surface area (Å²) in [6.07, 6.45) is 2.65. The first-order valence-electron chi connectivity index (χ1n) is 10.7. The van der Waals surface area contributed by atoms with E-state index >= 15 is 0 Å². The maximum atomic E-state index is 12.0. The molecule has 0 unspecified atom stereocenters. The fraction of sp³-hybridized carbons (Fsp3) is 0.417. The minimum atomic E-state index is -0.552. The van der Waals surface area contributed by atoms with Crippen LogP contribution in [-0.4, -0.2) is 35.2 Å². The van der Waals surface area contributed by atoms with Crippen molar-refractivity contribution in [3.05, 3.63) is 63.7 Å². The van der Waals surface area contributed by atoms with Gasteiger partial charge in [-0.25, -0.2) is 5.43 Å². The molecule has 1 heterocycles. The molecule has 0 radical (unpaired) electrons. The summed E-state index contributed by atoms with van der Waals surface area (Å²) in [7, 11) is 0. The van der Waals surface area contributed by atoms with Gasteiger partial charge in [-0.15, -0.1) is 0 Å². The van der Waals surface area contributed by atoms with Gasteiger partial charge in [0.25, 0.3) is 5.91 Å². The number of carbonyl (C=O) groups is 1. The smallest absolute Gasteiger partial charge is 0.310 e. The van der Waals surface area contributed by atoms with Crippen LogP contribution in [-0.2, 0) is 4.79 Å². The molecule has 0 aliphatic carbocycles. The molecule has 3 rings (SSSR count). The van der Waals surface area contributed by atoms with Crippen molar-refractivity contribution >= 4 is 23.5 Å². The van der Waals surface area contributed by atoms with Gasteiger partial charge in [0, 0.05) is 23.3 Å². The predicted molar refractivity (Wildman–Crippen MR) is 125 cm³/mol. The predicted octanol–water partition coefficient (Wildman–Crippen LogP) is 4.62. The van der Waals surface area contributed by atoms with Crippen LogP contribution in [0.5, 0.6) is 5.75 Å². The largest absolute Gasteiger partial charge is 0.477 e. The Labute approximate surface area is 188 Å². The molecule has 2 aromatic rings. The Hall–Kier alpha value is -3.42. The van der Waals surface area contributed by atoms with E-state index in [2.05, 4.69) is 62.2 Å². The lowest BCUT2D eigenvalue weighted by molar-refractivity contribution is -0.385. The van der Waals surface area contributed by atoms with Crippen LogP contribution in [0.2, 0.25) is 0 Å². The Morgan fingerprint density at radius 1 is 1.34 bits per heavy atom. The van der Waals surface area contributed by atoms with Crippen molar-refractivity contribution in [1.82, 2.24) is 5.43 Å². The van der Waals surface area contributed by atoms with Crippen LogP contribution in [0.4, 0.5) is 11.4 Å². The van der Waals surface area contributed by atoms with Crippen molar-refractivity contribution in [2.45, 2.75) is 58.5 Å². The molecular weight excluding hydrogens is 408 g/mol. The summed E-state index contributed by atoms with van der Waals surface area (Å²) in [5.74, 6) is -0.0515. The van der Waals surface area contributed by atoms with Gasteiger partial charge in [0.1, 0.15) is 0 Å². The lowest BCUT2D eigenvalue weighted by atomic mass is 9.79. The first kappa shape index (κ1) is 23.2. The zero-order chi connectivity index (χ0) is 23.5. The van der Waals surface area contributed by atoms with Gasteiger partial charge in [0.2, 0.25) is 0 Å². The number of nitrogens with zero attached hydrogens (tertiary/aromatic N) is 3. The number of benzene rings is 2. The SMILES string of the molecule is CC(C)N1c2ccc(/C=N/NC(=O)COc3ccccc3[N+](=O)[O-])cc2[C@@H](C)CC1(C)C. The topological polar surface area (TPSA) is 97.1 Å². The molecule has 0 saturated heterocycles. The highest BCUT2D eigenvalue weighted by atomic mass is 16.6. The lowest BCUT2D eigenvalue weighted by Crippen LogP contribution is -2.51. The monoisotopic (exact) mass is 438 g/mol. The minimum absolute atomic E-state index is 0.0398. The fourth-order valence-electron chi connectivity index (χ4n) is 4.61. The second-order valence-electron chi connectivity index (χ2n) is 9.01. The molecule has 1 aliphatic heterocycles. The number of anilines is 1. The van der Waals surface area contributed by atoms with Gasteiger partial charge in [-0.2, -0.15) is 5.10 Å². The molecule has 32 heavy (non-hydrogen) atoms. The van der Waals surface area contributed by atoms with Crippen LogP contribution in [0.1, 0.15) is 58.1 Å². The summed E-state index contributed by atoms with van der Waals surface area (Å²) in [6.45, 7) is 10.8. The van der Waals surface area contributed by atoms with E-state index in [0.29, 0.717) is 12.0 Å². The van der Waals surface area contributed by atoms with Crippen molar-refractivity contribution in [3.63, 3.8) is 0 Å². The quantitative estimate of drug-likeness (QED) is 0.386. The molecular formula is C24H30N4O4. The summed E-state index contributed by atoms with van der Waals surface area (Å²) in [5.41, 5.74) is 5.70. The number of hydrogen-bond donors (Lipinski definition) is 1. The number of hydrazone groups is 1. The fourth-order valence-corrected chi connectivity index (χ4v) is 4.61. The van der Waals surface area contributed by atoms with E-state index in [1.165, 1.54) is 29.4 Å². The number of para-hydroxylation sites is 2. The lowest BCUT2D eigenvalue weighted by Gasteiger charge is -2.50. The number of ether oxygens (including phenoxy) is 1. The second-order valence-corrected chi connectivity index (χ2v) is 9.01. The maximum Gasteiger partial charge on any atom is 0.310 e. The minimum Gasteiger partial charge on any atom is -0.477 e. The summed E-state index contributed by atoms with van der Waals surface area (Å²) >= 11 is 0. The number of fused-ring (bicyclic) bond motifs is 1. The molecule has 1 N–H and O–H groups in total. The van der Waals surface area contributed by atoms with Crippen molar-refractivity contribution in [3.8, 4) is 5.75 Å². The number of nitrogens with one attached hydrogen (secondary N) is 1. The van der Waals surface area contributed by atoms with Crippen LogP contribution in [0, 0.1) is 10.1 Å². The highest BCUT2D eigenvalue weighted by Gasteiger charge is 2.37. The van der Waals surface area contributed by atoms with E-state index < -0.39 is 10.8 Å². The molecule has 8 heteroatoms. The van der Waals surface area contributed by atoms with E-state index in [9.17, 15) is 14.9 Å². The van der Waals surface area contributed by atoms with Crippen LogP contribution in [0.3, 0.4) is 0 Å². The third-order valence-electron chi connectivity index (χ3n) is 5.64. The normalized spacial score (nSPS) is 17.3. The standard InChI is InChI=1S/C24H30N4O4/c1-16(2)27-20-11-10-18(12-19(20)17(3)13-24(27,4)5)14-25-26-23(29)15-32-22-9-7-6-8-21(22)28(30)31/h6-12,14,16-17H,13,15H2,1-5H3,(H,26,29)/b25-14+/t17-/m0/s1. The van der Waals surface area contributed by atoms with Crippen LogP contribution in [0.15, 0.2) is 47.6 Å². The molecule has 1 aliphatic rings. The van der Waals surface area contributed by atoms with E-state index in [1.807, 2.05) is 6.07 Å². The zero-order valence-corrected chi connectivity index (χ0v) is 19.2. The Morgan fingerprint density at radius 3 is 2.75 bits per heavy atom. The third-order valence-corrected chi connectivity index (χ3v) is 5.64. The van der Waals surface area contributed by atoms with Gasteiger partial charge < -0.3 is 9.64 Å². The number of nitro benzene ring substituents is 1. The first-order chi connectivity index (χ1) is 15.1. The Morgan fingerprint density at radius 2 is 2.06 bits per heavy atom. The number of amides is 1. The highest BCUT2D eigenvalue weighted by Crippen LogP contribution is 2.44. The molecule has 0 saturated carbocycles. The molecule has 170 valence electrons. The van der Waals surface area contributed by atoms with Gasteiger partial charge in [-0.3, -0.25) is 14.9 Å². The van der Waals surface area contributed by atoms with Crippen molar-refractivity contribution in [1.29, 1.82) is 0 Å². The highest BCUT2D eigenvalue weighted by molar-refractivity contribution is 5.84. The number of rotatable bonds is 7. The molecule has 0 bridgehead atoms. The molecule has 0 fully saturated rings. The van der Waals surface area contributed by atoms with Gasteiger partial charge in [0.05, 0.1) is 11.1 Å². The number of nitro groups is 1. The molecule has 1 amide bonds.